The van der Waals surface area contributed by atoms with Crippen molar-refractivity contribution in [3.05, 3.63) is 0 Å². The highest BCUT2D eigenvalue weighted by atomic mass is 19.4. The van der Waals surface area contributed by atoms with E-state index in [2.05, 4.69) is 20.3 Å². The molecule has 0 spiro atoms. The number of aromatic nitrogens is 3. The molecule has 1 aromatic rings. The summed E-state index contributed by atoms with van der Waals surface area (Å²) >= 11 is 0. The van der Waals surface area contributed by atoms with E-state index in [1.807, 2.05) is 13.8 Å². The van der Waals surface area contributed by atoms with Gasteiger partial charge in [-0.05, 0) is 13.3 Å². The topological polar surface area (TPSA) is 63.2 Å². The molecule has 0 unspecified atom stereocenters. The van der Waals surface area contributed by atoms with Crippen LogP contribution in [-0.4, -0.2) is 47.9 Å². The summed E-state index contributed by atoms with van der Waals surface area (Å²) in [5.74, 6) is 0.434. The molecule has 0 aromatic carbocycles. The van der Waals surface area contributed by atoms with Crippen molar-refractivity contribution in [3.63, 3.8) is 0 Å². The Balaban J connectivity index is 2.84. The second-order valence-electron chi connectivity index (χ2n) is 4.41. The van der Waals surface area contributed by atoms with E-state index in [1.165, 1.54) is 11.9 Å². The van der Waals surface area contributed by atoms with Crippen LogP contribution in [0.3, 0.4) is 0 Å². The lowest BCUT2D eigenvalue weighted by Crippen LogP contribution is -2.26. The molecule has 1 rings (SSSR count). The van der Waals surface area contributed by atoms with Gasteiger partial charge in [0.05, 0.1) is 13.0 Å². The Morgan fingerprint density at radius 1 is 1.19 bits per heavy atom. The van der Waals surface area contributed by atoms with Gasteiger partial charge >= 0.3 is 12.2 Å². The third-order valence-corrected chi connectivity index (χ3v) is 2.45. The van der Waals surface area contributed by atoms with Gasteiger partial charge in [0.15, 0.2) is 0 Å². The van der Waals surface area contributed by atoms with Gasteiger partial charge in [0.25, 0.3) is 0 Å². The fourth-order valence-corrected chi connectivity index (χ4v) is 1.41. The number of ether oxygens (including phenoxy) is 1. The molecule has 0 aliphatic rings. The number of halogens is 3. The highest BCUT2D eigenvalue weighted by molar-refractivity contribution is 5.37. The minimum absolute atomic E-state index is 0.108. The van der Waals surface area contributed by atoms with Crippen LogP contribution in [0.4, 0.5) is 25.1 Å². The quantitative estimate of drug-likeness (QED) is 0.796. The summed E-state index contributed by atoms with van der Waals surface area (Å²) in [6.45, 7) is 4.59. The van der Waals surface area contributed by atoms with E-state index in [-0.39, 0.29) is 24.5 Å². The molecule has 0 aliphatic carbocycles. The zero-order chi connectivity index (χ0) is 15.9. The summed E-state index contributed by atoms with van der Waals surface area (Å²) in [5.41, 5.74) is 0. The van der Waals surface area contributed by atoms with E-state index >= 15 is 0 Å². The lowest BCUT2D eigenvalue weighted by molar-refractivity contribution is -0.132. The zero-order valence-electron chi connectivity index (χ0n) is 12.4. The SMILES string of the molecule is CCCOc1nc(NCC)nc(N(C)CCC(F)(F)F)n1. The van der Waals surface area contributed by atoms with Crippen molar-refractivity contribution >= 4 is 11.9 Å². The first-order chi connectivity index (χ1) is 9.85. The lowest BCUT2D eigenvalue weighted by atomic mass is 10.4. The van der Waals surface area contributed by atoms with Crippen LogP contribution in [0.5, 0.6) is 6.01 Å². The number of nitrogens with one attached hydrogen (secondary N) is 1. The van der Waals surface area contributed by atoms with Gasteiger partial charge in [-0.3, -0.25) is 0 Å². The molecule has 21 heavy (non-hydrogen) atoms. The van der Waals surface area contributed by atoms with Crippen LogP contribution in [0.15, 0.2) is 0 Å². The molecule has 0 aliphatic heterocycles. The van der Waals surface area contributed by atoms with Crippen LogP contribution < -0.4 is 15.0 Å². The first-order valence-corrected chi connectivity index (χ1v) is 6.76. The van der Waals surface area contributed by atoms with Crippen molar-refractivity contribution in [1.82, 2.24) is 15.0 Å². The number of alkyl halides is 3. The van der Waals surface area contributed by atoms with Crippen LogP contribution >= 0.6 is 0 Å². The van der Waals surface area contributed by atoms with Gasteiger partial charge in [-0.1, -0.05) is 6.92 Å². The first kappa shape index (κ1) is 17.3. The minimum atomic E-state index is -4.21. The third kappa shape index (κ3) is 6.46. The fraction of sp³-hybridized carbons (Fsp3) is 0.750. The molecule has 120 valence electrons. The number of hydrogen-bond acceptors (Lipinski definition) is 6. The molecule has 1 aromatic heterocycles. The summed E-state index contributed by atoms with van der Waals surface area (Å²) in [5, 5.41) is 2.90. The number of rotatable bonds is 8. The summed E-state index contributed by atoms with van der Waals surface area (Å²) in [6, 6.07) is 0.108. The van der Waals surface area contributed by atoms with E-state index < -0.39 is 12.6 Å². The van der Waals surface area contributed by atoms with Crippen LogP contribution in [0, 0.1) is 0 Å². The van der Waals surface area contributed by atoms with Gasteiger partial charge < -0.3 is 15.0 Å². The normalized spacial score (nSPS) is 11.3. The van der Waals surface area contributed by atoms with Gasteiger partial charge in [0.1, 0.15) is 0 Å². The molecule has 0 fully saturated rings. The molecule has 0 atom stereocenters. The highest BCUT2D eigenvalue weighted by Crippen LogP contribution is 2.21. The molecule has 6 nitrogen and oxygen atoms in total. The molecule has 0 saturated heterocycles. The Hall–Kier alpha value is -1.80. The van der Waals surface area contributed by atoms with Crippen molar-refractivity contribution < 1.29 is 17.9 Å². The second kappa shape index (κ2) is 7.84. The van der Waals surface area contributed by atoms with E-state index in [0.717, 1.165) is 6.42 Å². The van der Waals surface area contributed by atoms with Crippen molar-refractivity contribution in [1.29, 1.82) is 0 Å². The molecule has 1 N–H and O–H groups in total. The van der Waals surface area contributed by atoms with E-state index in [4.69, 9.17) is 4.74 Å². The van der Waals surface area contributed by atoms with E-state index in [9.17, 15) is 13.2 Å². The average molecular weight is 307 g/mol. The maximum Gasteiger partial charge on any atom is 0.390 e. The minimum Gasteiger partial charge on any atom is -0.463 e. The van der Waals surface area contributed by atoms with E-state index in [1.54, 1.807) is 0 Å². The van der Waals surface area contributed by atoms with E-state index in [0.29, 0.717) is 13.2 Å². The van der Waals surface area contributed by atoms with Crippen molar-refractivity contribution in [2.75, 3.05) is 37.0 Å². The molecule has 0 saturated carbocycles. The Kier molecular flexibility index (Phi) is 6.44. The predicted molar refractivity (Wildman–Crippen MR) is 73.7 cm³/mol. The van der Waals surface area contributed by atoms with Crippen LogP contribution in [0.1, 0.15) is 26.7 Å². The Labute approximate surface area is 121 Å². The Morgan fingerprint density at radius 2 is 1.90 bits per heavy atom. The van der Waals surface area contributed by atoms with Gasteiger partial charge in [-0.15, -0.1) is 0 Å². The summed E-state index contributed by atoms with van der Waals surface area (Å²) in [4.78, 5) is 13.5. The van der Waals surface area contributed by atoms with Crippen molar-refractivity contribution in [2.45, 2.75) is 32.9 Å². The monoisotopic (exact) mass is 307 g/mol. The largest absolute Gasteiger partial charge is 0.463 e. The standard InChI is InChI=1S/C12H20F3N5O/c1-4-8-21-11-18-9(16-5-2)17-10(19-11)20(3)7-6-12(13,14)15/h4-8H2,1-3H3,(H,16,17,18,19). The predicted octanol–water partition coefficient (Wildman–Crippen LogP) is 2.48. The van der Waals surface area contributed by atoms with Crippen LogP contribution in [0.2, 0.25) is 0 Å². The lowest BCUT2D eigenvalue weighted by Gasteiger charge is -2.19. The van der Waals surface area contributed by atoms with Gasteiger partial charge in [0, 0.05) is 20.1 Å². The van der Waals surface area contributed by atoms with Crippen molar-refractivity contribution in [3.8, 4) is 6.01 Å². The van der Waals surface area contributed by atoms with Crippen LogP contribution in [-0.2, 0) is 0 Å². The molecule has 0 radical (unpaired) electrons. The first-order valence-electron chi connectivity index (χ1n) is 6.76. The number of hydrogen-bond donors (Lipinski definition) is 1. The van der Waals surface area contributed by atoms with Crippen molar-refractivity contribution in [2.24, 2.45) is 0 Å². The van der Waals surface area contributed by atoms with Gasteiger partial charge in [-0.25, -0.2) is 0 Å². The highest BCUT2D eigenvalue weighted by Gasteiger charge is 2.27. The van der Waals surface area contributed by atoms with Gasteiger partial charge in [0.2, 0.25) is 11.9 Å². The molecule has 1 heterocycles. The van der Waals surface area contributed by atoms with Crippen LogP contribution in [0.25, 0.3) is 0 Å². The fourth-order valence-electron chi connectivity index (χ4n) is 1.41. The summed E-state index contributed by atoms with van der Waals surface area (Å²) in [7, 11) is 1.50. The Bertz CT molecular complexity index is 441. The molecule has 9 heteroatoms. The molecule has 0 amide bonds. The zero-order valence-corrected chi connectivity index (χ0v) is 12.4. The van der Waals surface area contributed by atoms with Gasteiger partial charge in [-0.2, -0.15) is 28.1 Å². The summed E-state index contributed by atoms with van der Waals surface area (Å²) in [6.07, 6.45) is -4.37. The second-order valence-corrected chi connectivity index (χ2v) is 4.41. The smallest absolute Gasteiger partial charge is 0.390 e. The number of anilines is 2. The maximum atomic E-state index is 12.3. The summed E-state index contributed by atoms with van der Waals surface area (Å²) < 4.78 is 42.1. The third-order valence-electron chi connectivity index (χ3n) is 2.45. The maximum absolute atomic E-state index is 12.3. The molecular weight excluding hydrogens is 287 g/mol. The number of nitrogens with zero attached hydrogens (tertiary/aromatic N) is 4. The molecule has 0 bridgehead atoms. The molecular formula is C12H20F3N5O. The average Bonchev–Trinajstić information content (AvgIpc) is 2.42. The Morgan fingerprint density at radius 3 is 2.48 bits per heavy atom.